The molecule has 40 heavy (non-hydrogen) atoms. The third-order valence-corrected chi connectivity index (χ3v) is 6.70. The molecule has 0 spiro atoms. The van der Waals surface area contributed by atoms with Crippen LogP contribution < -0.4 is 10.3 Å². The first-order chi connectivity index (χ1) is 19.5. The lowest BCUT2D eigenvalue weighted by atomic mass is 10.2. The molecule has 10 heteroatoms. The van der Waals surface area contributed by atoms with E-state index in [9.17, 15) is 14.9 Å². The van der Waals surface area contributed by atoms with E-state index in [1.165, 1.54) is 24.4 Å². The summed E-state index contributed by atoms with van der Waals surface area (Å²) in [6.45, 7) is 0.247. The number of aromatic nitrogens is 2. The topological polar surface area (TPSA) is 113 Å². The number of ether oxygens (including phenoxy) is 1. The second kappa shape index (κ2) is 10.6. The van der Waals surface area contributed by atoms with Crippen LogP contribution in [0.4, 0.5) is 5.69 Å². The monoisotopic (exact) mass is 594 g/mol. The summed E-state index contributed by atoms with van der Waals surface area (Å²) in [7, 11) is 0. The Morgan fingerprint density at radius 3 is 2.62 bits per heavy atom. The molecule has 0 saturated carbocycles. The Balaban J connectivity index is 1.48. The van der Waals surface area contributed by atoms with Crippen LogP contribution in [0, 0.1) is 10.1 Å². The highest BCUT2D eigenvalue weighted by Crippen LogP contribution is 2.29. The second-order valence-electron chi connectivity index (χ2n) is 8.86. The third-order valence-electron chi connectivity index (χ3n) is 6.21. The fraction of sp³-hybridized carbons (Fsp3) is 0.0333. The highest BCUT2D eigenvalue weighted by atomic mass is 79.9. The lowest BCUT2D eigenvalue weighted by molar-refractivity contribution is -0.384. The van der Waals surface area contributed by atoms with Crippen LogP contribution in [0.3, 0.4) is 0 Å². The normalized spacial score (nSPS) is 11.4. The number of non-ortho nitro benzene ring substituents is 1. The molecule has 0 atom stereocenters. The van der Waals surface area contributed by atoms with Crippen LogP contribution in [0.2, 0.25) is 0 Å². The van der Waals surface area contributed by atoms with Gasteiger partial charge in [0.2, 0.25) is 5.82 Å². The molecule has 0 bridgehead atoms. The maximum absolute atomic E-state index is 13.6. The van der Waals surface area contributed by atoms with Crippen molar-refractivity contribution in [1.82, 2.24) is 9.66 Å². The van der Waals surface area contributed by atoms with Gasteiger partial charge in [-0.15, -0.1) is 0 Å². The second-order valence-corrected chi connectivity index (χ2v) is 9.78. The van der Waals surface area contributed by atoms with E-state index in [2.05, 4.69) is 26.0 Å². The van der Waals surface area contributed by atoms with Gasteiger partial charge in [-0.1, -0.05) is 58.4 Å². The number of hydrogen-bond donors (Lipinski definition) is 0. The lowest BCUT2D eigenvalue weighted by Gasteiger charge is -2.10. The molecule has 0 radical (unpaired) electrons. The number of halogens is 1. The average molecular weight is 595 g/mol. The van der Waals surface area contributed by atoms with Crippen LogP contribution in [-0.4, -0.2) is 20.8 Å². The van der Waals surface area contributed by atoms with Gasteiger partial charge >= 0.3 is 0 Å². The number of benzene rings is 4. The molecule has 4 aromatic carbocycles. The van der Waals surface area contributed by atoms with Gasteiger partial charge in [-0.3, -0.25) is 14.9 Å². The van der Waals surface area contributed by atoms with Crippen molar-refractivity contribution in [2.75, 3.05) is 0 Å². The molecule has 0 amide bonds. The molecule has 0 aliphatic heterocycles. The summed E-state index contributed by atoms with van der Waals surface area (Å²) < 4.78 is 14.0. The fourth-order valence-corrected chi connectivity index (χ4v) is 4.63. The fourth-order valence-electron chi connectivity index (χ4n) is 4.25. The van der Waals surface area contributed by atoms with E-state index < -0.39 is 10.5 Å². The maximum atomic E-state index is 13.6. The number of nitro benzene ring substituents is 1. The number of rotatable bonds is 7. The lowest BCUT2D eigenvalue weighted by Crippen LogP contribution is -2.20. The third kappa shape index (κ3) is 4.99. The van der Waals surface area contributed by atoms with Crippen molar-refractivity contribution in [3.8, 4) is 17.3 Å². The molecule has 6 rings (SSSR count). The molecule has 0 unspecified atom stereocenters. The van der Waals surface area contributed by atoms with Crippen LogP contribution in [-0.2, 0) is 6.61 Å². The molecular weight excluding hydrogens is 576 g/mol. The summed E-state index contributed by atoms with van der Waals surface area (Å²) in [6.07, 6.45) is 1.36. The molecule has 0 aliphatic carbocycles. The summed E-state index contributed by atoms with van der Waals surface area (Å²) in [5.74, 6) is 0.896. The molecule has 196 valence electrons. The van der Waals surface area contributed by atoms with Crippen molar-refractivity contribution < 1.29 is 14.1 Å². The van der Waals surface area contributed by atoms with Gasteiger partial charge in [-0.25, -0.2) is 4.98 Å². The van der Waals surface area contributed by atoms with Crippen LogP contribution >= 0.6 is 15.9 Å². The van der Waals surface area contributed by atoms with Gasteiger partial charge < -0.3 is 9.15 Å². The van der Waals surface area contributed by atoms with E-state index in [4.69, 9.17) is 9.15 Å². The Kier molecular flexibility index (Phi) is 6.67. The van der Waals surface area contributed by atoms with E-state index in [1.54, 1.807) is 30.3 Å². The predicted octanol–water partition coefficient (Wildman–Crippen LogP) is 6.94. The Bertz CT molecular complexity index is 1980. The number of furan rings is 1. The van der Waals surface area contributed by atoms with Gasteiger partial charge in [0.05, 0.1) is 22.0 Å². The van der Waals surface area contributed by atoms with Crippen LogP contribution in [0.15, 0.2) is 116 Å². The van der Waals surface area contributed by atoms with Gasteiger partial charge in [0, 0.05) is 27.6 Å². The van der Waals surface area contributed by atoms with Crippen LogP contribution in [0.5, 0.6) is 5.75 Å². The Hall–Kier alpha value is -5.09. The highest BCUT2D eigenvalue weighted by Gasteiger charge is 2.17. The van der Waals surface area contributed by atoms with Crippen molar-refractivity contribution >= 4 is 49.7 Å². The summed E-state index contributed by atoms with van der Waals surface area (Å²) in [5, 5.41) is 17.1. The zero-order chi connectivity index (χ0) is 27.6. The molecule has 2 heterocycles. The zero-order valence-electron chi connectivity index (χ0n) is 20.7. The van der Waals surface area contributed by atoms with Gasteiger partial charge in [-0.05, 0) is 48.0 Å². The molecule has 0 saturated heterocycles. The van der Waals surface area contributed by atoms with Gasteiger partial charge in [0.25, 0.3) is 11.2 Å². The van der Waals surface area contributed by atoms with E-state index in [0.717, 1.165) is 20.1 Å². The van der Waals surface area contributed by atoms with Crippen molar-refractivity contribution in [2.24, 2.45) is 5.10 Å². The summed E-state index contributed by atoms with van der Waals surface area (Å²) in [5.41, 5.74) is 1.79. The quantitative estimate of drug-likeness (QED) is 0.112. The van der Waals surface area contributed by atoms with E-state index in [0.29, 0.717) is 33.6 Å². The molecular formula is C30H19BrN4O5. The zero-order valence-corrected chi connectivity index (χ0v) is 22.3. The predicted molar refractivity (Wildman–Crippen MR) is 156 cm³/mol. The number of para-hydroxylation sites is 1. The SMILES string of the molecule is O=c1c2ccccc2nc(-c2cc3cc(Br)ccc3o2)n1N=Cc1cc([N+](=O)[O-])ccc1OCc1ccccc1. The first kappa shape index (κ1) is 25.2. The largest absolute Gasteiger partial charge is 0.488 e. The number of nitrogens with zero attached hydrogens (tertiary/aromatic N) is 4. The molecule has 6 aromatic rings. The minimum Gasteiger partial charge on any atom is -0.488 e. The average Bonchev–Trinajstić information content (AvgIpc) is 3.39. The van der Waals surface area contributed by atoms with Gasteiger partial charge in [0.15, 0.2) is 5.76 Å². The molecule has 2 aromatic heterocycles. The van der Waals surface area contributed by atoms with Crippen molar-refractivity contribution in [2.45, 2.75) is 6.61 Å². The number of fused-ring (bicyclic) bond motifs is 2. The first-order valence-corrected chi connectivity index (χ1v) is 13.0. The Morgan fingerprint density at radius 1 is 1.00 bits per heavy atom. The Morgan fingerprint density at radius 2 is 1.80 bits per heavy atom. The van der Waals surface area contributed by atoms with E-state index in [-0.39, 0.29) is 18.1 Å². The molecule has 9 nitrogen and oxygen atoms in total. The van der Waals surface area contributed by atoms with E-state index in [1.807, 2.05) is 48.5 Å². The smallest absolute Gasteiger partial charge is 0.282 e. The minimum absolute atomic E-state index is 0.138. The number of hydrogen-bond acceptors (Lipinski definition) is 7. The highest BCUT2D eigenvalue weighted by molar-refractivity contribution is 9.10. The van der Waals surface area contributed by atoms with Crippen molar-refractivity contribution in [1.29, 1.82) is 0 Å². The Labute approximate surface area is 235 Å². The van der Waals surface area contributed by atoms with Gasteiger partial charge in [0.1, 0.15) is 17.9 Å². The van der Waals surface area contributed by atoms with Crippen molar-refractivity contribution in [3.63, 3.8) is 0 Å². The standard InChI is InChI=1S/C30H19BrN4O5/c31-22-10-12-27-20(14-22)16-28(40-27)29-33-25-9-5-4-8-24(25)30(36)34(29)32-17-21-15-23(35(37)38)11-13-26(21)39-18-19-6-2-1-3-7-19/h1-17H,18H2. The maximum Gasteiger partial charge on any atom is 0.282 e. The molecule has 0 aliphatic rings. The molecule has 0 N–H and O–H groups in total. The molecule has 0 fully saturated rings. The summed E-state index contributed by atoms with van der Waals surface area (Å²) in [4.78, 5) is 29.3. The van der Waals surface area contributed by atoms with Crippen LogP contribution in [0.25, 0.3) is 33.5 Å². The first-order valence-electron chi connectivity index (χ1n) is 12.2. The van der Waals surface area contributed by atoms with Crippen molar-refractivity contribution in [3.05, 3.63) is 133 Å². The minimum atomic E-state index is -0.500. The number of nitro groups is 1. The summed E-state index contributed by atoms with van der Waals surface area (Å²) >= 11 is 3.46. The van der Waals surface area contributed by atoms with Gasteiger partial charge in [-0.2, -0.15) is 9.78 Å². The summed E-state index contributed by atoms with van der Waals surface area (Å²) in [6, 6.07) is 28.0. The van der Waals surface area contributed by atoms with Crippen LogP contribution in [0.1, 0.15) is 11.1 Å². The van der Waals surface area contributed by atoms with E-state index >= 15 is 0 Å².